The van der Waals surface area contributed by atoms with Gasteiger partial charge in [-0.05, 0) is 25.7 Å². The number of aliphatic imine (C=N–C) groups is 1. The molecule has 2 aliphatic carbocycles. The minimum Gasteiger partial charge on any atom is -0.309 e. The van der Waals surface area contributed by atoms with E-state index in [1.54, 1.807) is 0 Å². The van der Waals surface area contributed by atoms with E-state index in [0.717, 1.165) is 63.9 Å². The van der Waals surface area contributed by atoms with E-state index < -0.39 is 11.9 Å². The van der Waals surface area contributed by atoms with Crippen molar-refractivity contribution in [3.05, 3.63) is 11.8 Å². The van der Waals surface area contributed by atoms with Crippen molar-refractivity contribution in [2.45, 2.75) is 70.0 Å². The maximum absolute atomic E-state index is 12.7. The first-order chi connectivity index (χ1) is 12.4. The minimum atomic E-state index is -4.50. The molecule has 1 aromatic heterocycles. The zero-order chi connectivity index (χ0) is 18.6. The van der Waals surface area contributed by atoms with Gasteiger partial charge in [0.25, 0.3) is 0 Å². The summed E-state index contributed by atoms with van der Waals surface area (Å²) in [7, 11) is 0. The molecule has 26 heavy (non-hydrogen) atoms. The smallest absolute Gasteiger partial charge is 0.309 e. The molecule has 9 heteroatoms. The summed E-state index contributed by atoms with van der Waals surface area (Å²) >= 11 is 0. The highest BCUT2D eigenvalue weighted by atomic mass is 19.4. The van der Waals surface area contributed by atoms with E-state index >= 15 is 0 Å². The molecule has 3 N–H and O–H groups in total. The van der Waals surface area contributed by atoms with Crippen molar-refractivity contribution < 1.29 is 18.0 Å². The SMILES string of the molecule is O=C(NC(=NC1CCCC1)Nc1cc(C(F)(F)F)[nH]n1)C1CCCCC1. The minimum absolute atomic E-state index is 0.0157. The van der Waals surface area contributed by atoms with Crippen molar-refractivity contribution in [3.63, 3.8) is 0 Å². The van der Waals surface area contributed by atoms with Gasteiger partial charge < -0.3 is 5.32 Å². The van der Waals surface area contributed by atoms with Crippen LogP contribution in [0.15, 0.2) is 11.1 Å². The zero-order valence-electron chi connectivity index (χ0n) is 14.5. The Balaban J connectivity index is 1.70. The zero-order valence-corrected chi connectivity index (χ0v) is 14.5. The van der Waals surface area contributed by atoms with Gasteiger partial charge >= 0.3 is 6.18 Å². The summed E-state index contributed by atoms with van der Waals surface area (Å²) < 4.78 is 38.2. The van der Waals surface area contributed by atoms with E-state index in [0.29, 0.717) is 0 Å². The molecule has 6 nitrogen and oxygen atoms in total. The molecular formula is C17H24F3N5O. The summed E-state index contributed by atoms with van der Waals surface area (Å²) in [5.74, 6) is -0.0181. The highest BCUT2D eigenvalue weighted by molar-refractivity contribution is 6.04. The average Bonchev–Trinajstić information content (AvgIpc) is 3.27. The Morgan fingerprint density at radius 3 is 2.38 bits per heavy atom. The van der Waals surface area contributed by atoms with Crippen LogP contribution in [0.4, 0.5) is 19.0 Å². The Morgan fingerprint density at radius 2 is 1.77 bits per heavy atom. The number of alkyl halides is 3. The lowest BCUT2D eigenvalue weighted by atomic mass is 9.89. The van der Waals surface area contributed by atoms with Crippen molar-refractivity contribution in [1.82, 2.24) is 15.5 Å². The molecule has 2 fully saturated rings. The number of guanidine groups is 1. The molecular weight excluding hydrogens is 347 g/mol. The average molecular weight is 371 g/mol. The molecule has 1 heterocycles. The molecule has 0 radical (unpaired) electrons. The fourth-order valence-electron chi connectivity index (χ4n) is 3.55. The fourth-order valence-corrected chi connectivity index (χ4v) is 3.55. The third-order valence-electron chi connectivity index (χ3n) is 4.98. The van der Waals surface area contributed by atoms with Crippen LogP contribution in [-0.2, 0) is 11.0 Å². The number of aromatic nitrogens is 2. The van der Waals surface area contributed by atoms with Gasteiger partial charge in [0.15, 0.2) is 5.82 Å². The van der Waals surface area contributed by atoms with Crippen LogP contribution in [0.1, 0.15) is 63.5 Å². The van der Waals surface area contributed by atoms with E-state index in [2.05, 4.69) is 20.7 Å². The van der Waals surface area contributed by atoms with Crippen LogP contribution in [0.2, 0.25) is 0 Å². The standard InChI is InChI=1S/C17H24F3N5O/c18-17(19,20)13-10-14(25-24-13)22-16(21-12-8-4-5-9-12)23-15(26)11-6-2-1-3-7-11/h10-12H,1-9H2,(H3,21,22,23,24,25,26). The number of nitrogens with one attached hydrogen (secondary N) is 3. The second kappa shape index (κ2) is 8.09. The van der Waals surface area contributed by atoms with Crippen molar-refractivity contribution in [2.24, 2.45) is 10.9 Å². The molecule has 144 valence electrons. The Morgan fingerprint density at radius 1 is 1.12 bits per heavy atom. The van der Waals surface area contributed by atoms with Crippen molar-refractivity contribution in [1.29, 1.82) is 0 Å². The van der Waals surface area contributed by atoms with Gasteiger partial charge in [0, 0.05) is 12.0 Å². The number of rotatable bonds is 3. The lowest BCUT2D eigenvalue weighted by Gasteiger charge is -2.21. The van der Waals surface area contributed by atoms with Crippen molar-refractivity contribution >= 4 is 17.7 Å². The number of carbonyl (C=O) groups is 1. The van der Waals surface area contributed by atoms with Crippen LogP contribution < -0.4 is 10.6 Å². The summed E-state index contributed by atoms with van der Waals surface area (Å²) in [5.41, 5.74) is -0.946. The number of aromatic amines is 1. The van der Waals surface area contributed by atoms with E-state index in [-0.39, 0.29) is 29.6 Å². The molecule has 1 aromatic rings. The predicted molar refractivity (Wildman–Crippen MR) is 91.6 cm³/mol. The van der Waals surface area contributed by atoms with E-state index in [1.807, 2.05) is 5.10 Å². The molecule has 0 atom stereocenters. The molecule has 0 saturated heterocycles. The Labute approximate surface area is 150 Å². The van der Waals surface area contributed by atoms with Crippen molar-refractivity contribution in [2.75, 3.05) is 5.32 Å². The van der Waals surface area contributed by atoms with Crippen molar-refractivity contribution in [3.8, 4) is 0 Å². The quantitative estimate of drug-likeness (QED) is 0.558. The molecule has 0 unspecified atom stereocenters. The number of nitrogens with zero attached hydrogens (tertiary/aromatic N) is 2. The fraction of sp³-hybridized carbons (Fsp3) is 0.706. The highest BCUT2D eigenvalue weighted by Gasteiger charge is 2.33. The monoisotopic (exact) mass is 371 g/mol. The molecule has 1 amide bonds. The first-order valence-corrected chi connectivity index (χ1v) is 9.20. The maximum atomic E-state index is 12.7. The Kier molecular flexibility index (Phi) is 5.83. The van der Waals surface area contributed by atoms with Gasteiger partial charge in [0.2, 0.25) is 11.9 Å². The van der Waals surface area contributed by atoms with E-state index in [9.17, 15) is 18.0 Å². The number of hydrogen-bond acceptors (Lipinski definition) is 3. The largest absolute Gasteiger partial charge is 0.432 e. The van der Waals surface area contributed by atoms with Gasteiger partial charge in [-0.2, -0.15) is 18.3 Å². The van der Waals surface area contributed by atoms with Crippen LogP contribution in [0, 0.1) is 5.92 Å². The van der Waals surface area contributed by atoms with Gasteiger partial charge in [-0.25, -0.2) is 4.99 Å². The summed E-state index contributed by atoms with van der Waals surface area (Å²) in [6.07, 6.45) is 4.32. The number of carbonyl (C=O) groups excluding carboxylic acids is 1. The second-order valence-corrected chi connectivity index (χ2v) is 7.03. The molecule has 2 saturated carbocycles. The molecule has 0 bridgehead atoms. The summed E-state index contributed by atoms with van der Waals surface area (Å²) in [5, 5.41) is 11.1. The number of amides is 1. The second-order valence-electron chi connectivity index (χ2n) is 7.03. The topological polar surface area (TPSA) is 82.2 Å². The van der Waals surface area contributed by atoms with Crippen LogP contribution >= 0.6 is 0 Å². The third kappa shape index (κ3) is 4.98. The third-order valence-corrected chi connectivity index (χ3v) is 4.98. The van der Waals surface area contributed by atoms with Crippen LogP contribution in [0.25, 0.3) is 0 Å². The van der Waals surface area contributed by atoms with Gasteiger partial charge in [-0.3, -0.25) is 15.2 Å². The van der Waals surface area contributed by atoms with Gasteiger partial charge in [-0.1, -0.05) is 32.1 Å². The lowest BCUT2D eigenvalue weighted by molar-refractivity contribution is -0.141. The molecule has 0 spiro atoms. The normalized spacial score (nSPS) is 20.3. The van der Waals surface area contributed by atoms with Gasteiger partial charge in [-0.15, -0.1) is 0 Å². The van der Waals surface area contributed by atoms with Crippen LogP contribution in [-0.4, -0.2) is 28.1 Å². The summed E-state index contributed by atoms with van der Waals surface area (Å²) in [6, 6.07) is 0.946. The van der Waals surface area contributed by atoms with Gasteiger partial charge in [0.1, 0.15) is 5.69 Å². The summed E-state index contributed by atoms with van der Waals surface area (Å²) in [4.78, 5) is 17.0. The molecule has 0 aromatic carbocycles. The number of halogens is 3. The van der Waals surface area contributed by atoms with Gasteiger partial charge in [0.05, 0.1) is 6.04 Å². The predicted octanol–water partition coefficient (Wildman–Crippen LogP) is 3.84. The molecule has 2 aliphatic rings. The number of H-pyrrole nitrogens is 1. The first kappa shape index (κ1) is 18.7. The lowest BCUT2D eigenvalue weighted by Crippen LogP contribution is -2.41. The first-order valence-electron chi connectivity index (χ1n) is 9.20. The van der Waals surface area contributed by atoms with Crippen LogP contribution in [0.5, 0.6) is 0 Å². The maximum Gasteiger partial charge on any atom is 0.432 e. The number of anilines is 1. The van der Waals surface area contributed by atoms with E-state index in [4.69, 9.17) is 0 Å². The molecule has 3 rings (SSSR count). The van der Waals surface area contributed by atoms with Crippen LogP contribution in [0.3, 0.4) is 0 Å². The highest BCUT2D eigenvalue weighted by Crippen LogP contribution is 2.29. The van der Waals surface area contributed by atoms with E-state index in [1.165, 1.54) is 0 Å². The molecule has 0 aliphatic heterocycles. The Bertz CT molecular complexity index is 643. The number of hydrogen-bond donors (Lipinski definition) is 3. The Hall–Kier alpha value is -2.06. The summed E-state index contributed by atoms with van der Waals surface area (Å²) in [6.45, 7) is 0.